The van der Waals surface area contributed by atoms with Crippen LogP contribution in [0.15, 0.2) is 18.2 Å². The monoisotopic (exact) mass is 218 g/mol. The lowest BCUT2D eigenvalue weighted by Gasteiger charge is -2.28. The molecule has 2 heterocycles. The fraction of sp³-hybridized carbons (Fsp3) is 0.538. The van der Waals surface area contributed by atoms with E-state index in [2.05, 4.69) is 16.9 Å². The van der Waals surface area contributed by atoms with E-state index in [1.54, 1.807) is 13.0 Å². The van der Waals surface area contributed by atoms with Gasteiger partial charge in [0.15, 0.2) is 5.78 Å². The summed E-state index contributed by atoms with van der Waals surface area (Å²) in [6.45, 7) is 3.81. The highest BCUT2D eigenvalue weighted by atomic mass is 16.1. The zero-order valence-electron chi connectivity index (χ0n) is 9.94. The third kappa shape index (κ3) is 2.47. The van der Waals surface area contributed by atoms with Crippen molar-refractivity contribution >= 4 is 5.78 Å². The number of Topliss-reactive ketones (excluding diaryl/α,β-unsaturated/α-hetero) is 1. The Kier molecular flexibility index (Phi) is 3.34. The summed E-state index contributed by atoms with van der Waals surface area (Å²) in [4.78, 5) is 18.1. The van der Waals surface area contributed by atoms with Crippen LogP contribution in [0, 0.1) is 0 Å². The molecule has 0 radical (unpaired) electrons. The van der Waals surface area contributed by atoms with Crippen LogP contribution in [0.5, 0.6) is 0 Å². The van der Waals surface area contributed by atoms with Crippen molar-refractivity contribution in [2.45, 2.75) is 25.7 Å². The summed E-state index contributed by atoms with van der Waals surface area (Å²) < 4.78 is 0. The van der Waals surface area contributed by atoms with Gasteiger partial charge < -0.3 is 4.90 Å². The summed E-state index contributed by atoms with van der Waals surface area (Å²) >= 11 is 0. The quantitative estimate of drug-likeness (QED) is 0.713. The molecule has 1 saturated heterocycles. The Morgan fingerprint density at radius 1 is 1.38 bits per heavy atom. The molecule has 0 unspecified atom stereocenters. The third-order valence-corrected chi connectivity index (χ3v) is 3.27. The zero-order chi connectivity index (χ0) is 11.5. The predicted molar refractivity (Wildman–Crippen MR) is 63.7 cm³/mol. The molecule has 0 spiro atoms. The number of hydrogen-bond acceptors (Lipinski definition) is 3. The molecule has 86 valence electrons. The Labute approximate surface area is 96.5 Å². The second kappa shape index (κ2) is 4.74. The van der Waals surface area contributed by atoms with Gasteiger partial charge in [0.2, 0.25) is 0 Å². The van der Waals surface area contributed by atoms with E-state index in [0.717, 1.165) is 31.6 Å². The number of pyridine rings is 1. The summed E-state index contributed by atoms with van der Waals surface area (Å²) in [5, 5.41) is 0. The molecule has 0 amide bonds. The van der Waals surface area contributed by atoms with Gasteiger partial charge in [0, 0.05) is 18.5 Å². The van der Waals surface area contributed by atoms with Gasteiger partial charge in [-0.3, -0.25) is 4.79 Å². The van der Waals surface area contributed by atoms with Crippen LogP contribution in [0.3, 0.4) is 0 Å². The van der Waals surface area contributed by atoms with Crippen LogP contribution in [-0.2, 0) is 0 Å². The number of rotatable bonds is 2. The van der Waals surface area contributed by atoms with Gasteiger partial charge in [-0.05, 0) is 45.1 Å². The highest BCUT2D eigenvalue weighted by Gasteiger charge is 2.19. The van der Waals surface area contributed by atoms with Crippen LogP contribution in [0.4, 0.5) is 0 Å². The van der Waals surface area contributed by atoms with Gasteiger partial charge in [0.25, 0.3) is 0 Å². The molecular weight excluding hydrogens is 200 g/mol. The Bertz CT molecular complexity index is 381. The first-order valence-corrected chi connectivity index (χ1v) is 5.83. The third-order valence-electron chi connectivity index (χ3n) is 3.27. The molecule has 0 atom stereocenters. The minimum absolute atomic E-state index is 0.0507. The maximum absolute atomic E-state index is 11.3. The van der Waals surface area contributed by atoms with Gasteiger partial charge in [-0.2, -0.15) is 0 Å². The van der Waals surface area contributed by atoms with Gasteiger partial charge in [0.05, 0.1) is 0 Å². The average Bonchev–Trinajstić information content (AvgIpc) is 2.30. The number of carbonyl (C=O) groups is 1. The van der Waals surface area contributed by atoms with E-state index in [1.165, 1.54) is 0 Å². The lowest BCUT2D eigenvalue weighted by atomic mass is 9.93. The minimum atomic E-state index is 0.0507. The molecular formula is C13H18N2O. The molecule has 0 bridgehead atoms. The first kappa shape index (κ1) is 11.3. The number of piperidine rings is 1. The van der Waals surface area contributed by atoms with Crippen molar-refractivity contribution in [3.63, 3.8) is 0 Å². The number of likely N-dealkylation sites (tertiary alicyclic amines) is 1. The second-order valence-corrected chi connectivity index (χ2v) is 4.58. The average molecular weight is 218 g/mol. The zero-order valence-corrected chi connectivity index (χ0v) is 9.94. The van der Waals surface area contributed by atoms with Crippen LogP contribution >= 0.6 is 0 Å². The highest BCUT2D eigenvalue weighted by molar-refractivity contribution is 5.92. The fourth-order valence-electron chi connectivity index (χ4n) is 2.18. The predicted octanol–water partition coefficient (Wildman–Crippen LogP) is 2.09. The maximum atomic E-state index is 11.3. The number of carbonyl (C=O) groups excluding carboxylic acids is 1. The Morgan fingerprint density at radius 2 is 2.06 bits per heavy atom. The van der Waals surface area contributed by atoms with E-state index in [4.69, 9.17) is 0 Å². The van der Waals surface area contributed by atoms with Crippen molar-refractivity contribution in [3.05, 3.63) is 29.6 Å². The topological polar surface area (TPSA) is 33.2 Å². The minimum Gasteiger partial charge on any atom is -0.306 e. The van der Waals surface area contributed by atoms with Crippen molar-refractivity contribution in [1.29, 1.82) is 0 Å². The second-order valence-electron chi connectivity index (χ2n) is 4.58. The van der Waals surface area contributed by atoms with E-state index in [1.807, 2.05) is 12.1 Å². The first-order chi connectivity index (χ1) is 7.66. The first-order valence-electron chi connectivity index (χ1n) is 5.83. The van der Waals surface area contributed by atoms with Crippen molar-refractivity contribution in [2.24, 2.45) is 0 Å². The van der Waals surface area contributed by atoms with Crippen LogP contribution < -0.4 is 0 Å². The van der Waals surface area contributed by atoms with Gasteiger partial charge in [-0.15, -0.1) is 0 Å². The standard InChI is InChI=1S/C13H18N2O/c1-10(16)12-4-3-5-13(14-12)11-6-8-15(2)9-7-11/h3-5,11H,6-9H2,1-2H3. The van der Waals surface area contributed by atoms with E-state index >= 15 is 0 Å². The van der Waals surface area contributed by atoms with E-state index in [-0.39, 0.29) is 5.78 Å². The van der Waals surface area contributed by atoms with Gasteiger partial charge in [0.1, 0.15) is 5.69 Å². The van der Waals surface area contributed by atoms with Crippen LogP contribution in [0.25, 0.3) is 0 Å². The van der Waals surface area contributed by atoms with Crippen molar-refractivity contribution in [2.75, 3.05) is 20.1 Å². The molecule has 0 saturated carbocycles. The van der Waals surface area contributed by atoms with Gasteiger partial charge in [-0.25, -0.2) is 4.98 Å². The molecule has 1 fully saturated rings. The van der Waals surface area contributed by atoms with Crippen LogP contribution in [-0.4, -0.2) is 35.8 Å². The normalized spacial score (nSPS) is 18.6. The molecule has 16 heavy (non-hydrogen) atoms. The van der Waals surface area contributed by atoms with Gasteiger partial charge >= 0.3 is 0 Å². The number of hydrogen-bond donors (Lipinski definition) is 0. The van der Waals surface area contributed by atoms with Crippen molar-refractivity contribution < 1.29 is 4.79 Å². The maximum Gasteiger partial charge on any atom is 0.178 e. The summed E-state index contributed by atoms with van der Waals surface area (Å²) in [5.41, 5.74) is 1.68. The summed E-state index contributed by atoms with van der Waals surface area (Å²) in [6, 6.07) is 5.78. The molecule has 0 aliphatic carbocycles. The highest BCUT2D eigenvalue weighted by Crippen LogP contribution is 2.25. The van der Waals surface area contributed by atoms with Crippen LogP contribution in [0.1, 0.15) is 41.9 Å². The summed E-state index contributed by atoms with van der Waals surface area (Å²) in [5.74, 6) is 0.574. The molecule has 1 aromatic rings. The molecule has 0 N–H and O–H groups in total. The lowest BCUT2D eigenvalue weighted by molar-refractivity contribution is 0.101. The van der Waals surface area contributed by atoms with Gasteiger partial charge in [-0.1, -0.05) is 6.07 Å². The summed E-state index contributed by atoms with van der Waals surface area (Å²) in [6.07, 6.45) is 2.29. The van der Waals surface area contributed by atoms with Crippen molar-refractivity contribution in [3.8, 4) is 0 Å². The number of aromatic nitrogens is 1. The molecule has 1 aromatic heterocycles. The number of ketones is 1. The summed E-state index contributed by atoms with van der Waals surface area (Å²) in [7, 11) is 2.15. The molecule has 3 heteroatoms. The smallest absolute Gasteiger partial charge is 0.178 e. The van der Waals surface area contributed by atoms with E-state index in [9.17, 15) is 4.79 Å². The molecule has 2 rings (SSSR count). The fourth-order valence-corrected chi connectivity index (χ4v) is 2.18. The Balaban J connectivity index is 2.14. The van der Waals surface area contributed by atoms with Crippen molar-refractivity contribution in [1.82, 2.24) is 9.88 Å². The molecule has 0 aromatic carbocycles. The lowest BCUT2D eigenvalue weighted by Crippen LogP contribution is -2.29. The SMILES string of the molecule is CC(=O)c1cccc(C2CCN(C)CC2)n1. The Morgan fingerprint density at radius 3 is 2.69 bits per heavy atom. The van der Waals surface area contributed by atoms with E-state index in [0.29, 0.717) is 11.6 Å². The molecule has 3 nitrogen and oxygen atoms in total. The van der Waals surface area contributed by atoms with Crippen LogP contribution in [0.2, 0.25) is 0 Å². The largest absolute Gasteiger partial charge is 0.306 e. The molecule has 1 aliphatic heterocycles. The Hall–Kier alpha value is -1.22. The van der Waals surface area contributed by atoms with E-state index < -0.39 is 0 Å². The number of nitrogens with zero attached hydrogens (tertiary/aromatic N) is 2. The molecule has 1 aliphatic rings.